The van der Waals surface area contributed by atoms with Gasteiger partial charge in [-0.25, -0.2) is 0 Å². The Morgan fingerprint density at radius 1 is 1.38 bits per heavy atom. The molecule has 2 rings (SSSR count). The number of amides is 1. The zero-order valence-electron chi connectivity index (χ0n) is 12.3. The Bertz CT molecular complexity index is 453. The summed E-state index contributed by atoms with van der Waals surface area (Å²) in [6, 6.07) is 7.60. The summed E-state index contributed by atoms with van der Waals surface area (Å²) >= 11 is 0. The molecule has 1 aromatic rings. The number of fused-ring (bicyclic) bond motifs is 1. The average molecular weight is 294 g/mol. The molecule has 0 spiro atoms. The highest BCUT2D eigenvalue weighted by Crippen LogP contribution is 2.28. The number of para-hydroxylation sites is 2. The van der Waals surface area contributed by atoms with E-state index >= 15 is 0 Å². The molecule has 1 aromatic carbocycles. The number of nitrogens with one attached hydrogen (secondary N) is 2. The van der Waals surface area contributed by atoms with Crippen LogP contribution in [0.5, 0.6) is 5.75 Å². The number of hydrogen-bond acceptors (Lipinski definition) is 5. The molecule has 1 atom stereocenters. The van der Waals surface area contributed by atoms with Crippen LogP contribution in [0.3, 0.4) is 0 Å². The lowest BCUT2D eigenvalue weighted by molar-refractivity contribution is -0.127. The van der Waals surface area contributed by atoms with Crippen molar-refractivity contribution in [2.75, 3.05) is 45.3 Å². The van der Waals surface area contributed by atoms with Crippen molar-refractivity contribution < 1.29 is 19.0 Å². The van der Waals surface area contributed by atoms with Crippen molar-refractivity contribution in [2.45, 2.75) is 12.5 Å². The van der Waals surface area contributed by atoms with E-state index in [4.69, 9.17) is 14.2 Å². The first-order valence-electron chi connectivity index (χ1n) is 7.15. The van der Waals surface area contributed by atoms with Crippen molar-refractivity contribution in [1.29, 1.82) is 0 Å². The van der Waals surface area contributed by atoms with E-state index in [2.05, 4.69) is 10.6 Å². The van der Waals surface area contributed by atoms with Gasteiger partial charge in [0.1, 0.15) is 5.75 Å². The van der Waals surface area contributed by atoms with Gasteiger partial charge in [0.15, 0.2) is 6.10 Å². The fourth-order valence-corrected chi connectivity index (χ4v) is 2.00. The van der Waals surface area contributed by atoms with Crippen LogP contribution in [0.4, 0.5) is 5.69 Å². The Hall–Kier alpha value is -1.79. The van der Waals surface area contributed by atoms with Gasteiger partial charge in [-0.3, -0.25) is 4.79 Å². The summed E-state index contributed by atoms with van der Waals surface area (Å²) in [5.41, 5.74) is 0.924. The van der Waals surface area contributed by atoms with Gasteiger partial charge in [0.25, 0.3) is 5.91 Å². The number of benzene rings is 1. The molecular formula is C15H22N2O4. The van der Waals surface area contributed by atoms with Gasteiger partial charge in [0.2, 0.25) is 0 Å². The highest BCUT2D eigenvalue weighted by molar-refractivity contribution is 5.83. The molecule has 2 N–H and O–H groups in total. The lowest BCUT2D eigenvalue weighted by Gasteiger charge is -2.26. The Balaban J connectivity index is 1.64. The van der Waals surface area contributed by atoms with Crippen molar-refractivity contribution in [3.05, 3.63) is 24.3 Å². The van der Waals surface area contributed by atoms with Crippen molar-refractivity contribution in [3.63, 3.8) is 0 Å². The molecule has 0 radical (unpaired) electrons. The number of rotatable bonds is 8. The minimum Gasteiger partial charge on any atom is -0.477 e. The Kier molecular flexibility index (Phi) is 6.30. The third-order valence-corrected chi connectivity index (χ3v) is 3.12. The Labute approximate surface area is 124 Å². The van der Waals surface area contributed by atoms with Gasteiger partial charge in [-0.2, -0.15) is 0 Å². The van der Waals surface area contributed by atoms with Gasteiger partial charge >= 0.3 is 0 Å². The Morgan fingerprint density at radius 3 is 3.10 bits per heavy atom. The summed E-state index contributed by atoms with van der Waals surface area (Å²) in [4.78, 5) is 12.0. The third-order valence-electron chi connectivity index (χ3n) is 3.12. The van der Waals surface area contributed by atoms with Crippen LogP contribution in [0.2, 0.25) is 0 Å². The zero-order valence-corrected chi connectivity index (χ0v) is 12.3. The number of anilines is 1. The average Bonchev–Trinajstić information content (AvgIpc) is 2.53. The Morgan fingerprint density at radius 2 is 2.24 bits per heavy atom. The fourth-order valence-electron chi connectivity index (χ4n) is 2.00. The summed E-state index contributed by atoms with van der Waals surface area (Å²) in [6.45, 7) is 2.83. The van der Waals surface area contributed by atoms with E-state index in [1.807, 2.05) is 24.3 Å². The predicted octanol–water partition coefficient (Wildman–Crippen LogP) is 1.03. The zero-order chi connectivity index (χ0) is 14.9. The molecule has 0 saturated heterocycles. The second-order valence-corrected chi connectivity index (χ2v) is 4.73. The van der Waals surface area contributed by atoms with E-state index < -0.39 is 6.10 Å². The van der Waals surface area contributed by atoms with Crippen LogP contribution in [-0.4, -0.2) is 52.0 Å². The van der Waals surface area contributed by atoms with Crippen LogP contribution >= 0.6 is 0 Å². The molecule has 1 aliphatic rings. The van der Waals surface area contributed by atoms with Crippen molar-refractivity contribution in [3.8, 4) is 5.75 Å². The van der Waals surface area contributed by atoms with Crippen LogP contribution in [0.15, 0.2) is 24.3 Å². The second kappa shape index (κ2) is 8.49. The van der Waals surface area contributed by atoms with Crippen molar-refractivity contribution in [2.24, 2.45) is 0 Å². The van der Waals surface area contributed by atoms with E-state index in [1.54, 1.807) is 7.11 Å². The summed E-state index contributed by atoms with van der Waals surface area (Å²) in [5.74, 6) is 0.612. The van der Waals surface area contributed by atoms with Gasteiger partial charge in [-0.15, -0.1) is 0 Å². The third kappa shape index (κ3) is 4.91. The second-order valence-electron chi connectivity index (χ2n) is 4.73. The highest BCUT2D eigenvalue weighted by Gasteiger charge is 2.25. The minimum absolute atomic E-state index is 0.103. The molecule has 0 bridgehead atoms. The van der Waals surface area contributed by atoms with Gasteiger partial charge < -0.3 is 24.8 Å². The minimum atomic E-state index is -0.491. The maximum absolute atomic E-state index is 12.0. The quantitative estimate of drug-likeness (QED) is 0.701. The molecule has 0 fully saturated rings. The molecule has 1 heterocycles. The molecule has 6 nitrogen and oxygen atoms in total. The fraction of sp³-hybridized carbons (Fsp3) is 0.533. The van der Waals surface area contributed by atoms with E-state index in [-0.39, 0.29) is 5.91 Å². The molecule has 0 aromatic heterocycles. The van der Waals surface area contributed by atoms with Crippen LogP contribution in [0.1, 0.15) is 6.42 Å². The maximum atomic E-state index is 12.0. The molecule has 1 aliphatic heterocycles. The van der Waals surface area contributed by atoms with E-state index in [1.165, 1.54) is 0 Å². The molecule has 0 saturated carbocycles. The van der Waals surface area contributed by atoms with E-state index in [0.717, 1.165) is 12.1 Å². The van der Waals surface area contributed by atoms with Gasteiger partial charge in [-0.05, 0) is 18.6 Å². The SMILES string of the molecule is COCCOCCCNC(=O)C1CNc2ccccc2O1. The smallest absolute Gasteiger partial charge is 0.262 e. The molecule has 21 heavy (non-hydrogen) atoms. The predicted molar refractivity (Wildman–Crippen MR) is 79.7 cm³/mol. The molecular weight excluding hydrogens is 272 g/mol. The molecule has 1 amide bonds. The normalized spacial score (nSPS) is 16.5. The van der Waals surface area contributed by atoms with Gasteiger partial charge in [0, 0.05) is 20.3 Å². The first-order valence-corrected chi connectivity index (χ1v) is 7.15. The molecule has 1 unspecified atom stereocenters. The lowest BCUT2D eigenvalue weighted by Crippen LogP contribution is -2.45. The highest BCUT2D eigenvalue weighted by atomic mass is 16.5. The maximum Gasteiger partial charge on any atom is 0.262 e. The largest absolute Gasteiger partial charge is 0.477 e. The van der Waals surface area contributed by atoms with E-state index in [9.17, 15) is 4.79 Å². The summed E-state index contributed by atoms with van der Waals surface area (Å²) in [5, 5.41) is 6.05. The summed E-state index contributed by atoms with van der Waals surface area (Å²) in [6.07, 6.45) is 0.279. The van der Waals surface area contributed by atoms with Crippen molar-refractivity contribution in [1.82, 2.24) is 5.32 Å². The number of carbonyl (C=O) groups is 1. The first kappa shape index (κ1) is 15.6. The molecule has 0 aliphatic carbocycles. The van der Waals surface area contributed by atoms with Crippen LogP contribution in [-0.2, 0) is 14.3 Å². The summed E-state index contributed by atoms with van der Waals surface area (Å²) in [7, 11) is 1.64. The van der Waals surface area contributed by atoms with Crippen molar-refractivity contribution >= 4 is 11.6 Å². The summed E-state index contributed by atoms with van der Waals surface area (Å²) < 4.78 is 15.9. The number of ether oxygens (including phenoxy) is 3. The van der Waals surface area contributed by atoms with E-state index in [0.29, 0.717) is 38.7 Å². The van der Waals surface area contributed by atoms with Crippen LogP contribution in [0.25, 0.3) is 0 Å². The van der Waals surface area contributed by atoms with Gasteiger partial charge in [-0.1, -0.05) is 12.1 Å². The number of hydrogen-bond donors (Lipinski definition) is 2. The topological polar surface area (TPSA) is 68.8 Å². The lowest BCUT2D eigenvalue weighted by atomic mass is 10.2. The monoisotopic (exact) mass is 294 g/mol. The molecule has 116 valence electrons. The van der Waals surface area contributed by atoms with Crippen LogP contribution in [0, 0.1) is 0 Å². The van der Waals surface area contributed by atoms with Crippen LogP contribution < -0.4 is 15.4 Å². The number of carbonyl (C=O) groups excluding carboxylic acids is 1. The van der Waals surface area contributed by atoms with Gasteiger partial charge in [0.05, 0.1) is 25.4 Å². The molecule has 6 heteroatoms. The standard InChI is InChI=1S/C15H22N2O4/c1-19-9-10-20-8-4-7-16-15(18)14-11-17-12-5-2-3-6-13(12)21-14/h2-3,5-6,14,17H,4,7-11H2,1H3,(H,16,18). The number of methoxy groups -OCH3 is 1. The first-order chi connectivity index (χ1) is 10.3.